The summed E-state index contributed by atoms with van der Waals surface area (Å²) in [7, 11) is 0. The smallest absolute Gasteiger partial charge is 0.283 e. The summed E-state index contributed by atoms with van der Waals surface area (Å²) in [6.45, 7) is 4.20. The summed E-state index contributed by atoms with van der Waals surface area (Å²) in [5, 5.41) is 3.11. The van der Waals surface area contributed by atoms with Crippen LogP contribution in [0.15, 0.2) is 83.5 Å². The minimum Gasteiger partial charge on any atom is -0.350 e. The minimum absolute atomic E-state index is 0.0663. The molecule has 1 N–H and O–H groups in total. The van der Waals surface area contributed by atoms with Gasteiger partial charge in [0.2, 0.25) is 0 Å². The molecular weight excluding hydrogens is 473 g/mol. The first-order valence-corrected chi connectivity index (χ1v) is 11.4. The number of imide groups is 1. The van der Waals surface area contributed by atoms with Gasteiger partial charge >= 0.3 is 0 Å². The number of benzene rings is 3. The molecule has 1 aliphatic rings. The molecule has 0 saturated carbocycles. The average Bonchev–Trinajstić information content (AvgIpc) is 3.05. The number of para-hydroxylation sites is 1. The SMILES string of the molecule is CCN(C(=O)c1cccc(NC2=C(Cl)C(=O)N(c3ccc(C)c(Cl)c3)C2=O)c1)c1ccccc1. The average molecular weight is 494 g/mol. The molecule has 0 bridgehead atoms. The van der Waals surface area contributed by atoms with Gasteiger partial charge in [0.25, 0.3) is 17.7 Å². The number of hydrogen-bond donors (Lipinski definition) is 1. The van der Waals surface area contributed by atoms with E-state index in [4.69, 9.17) is 23.2 Å². The summed E-state index contributed by atoms with van der Waals surface area (Å²) in [5.74, 6) is -1.45. The highest BCUT2D eigenvalue weighted by Crippen LogP contribution is 2.32. The summed E-state index contributed by atoms with van der Waals surface area (Å²) in [6.07, 6.45) is 0. The summed E-state index contributed by atoms with van der Waals surface area (Å²) < 4.78 is 0. The summed E-state index contributed by atoms with van der Waals surface area (Å²) >= 11 is 12.4. The van der Waals surface area contributed by atoms with Crippen LogP contribution in [0.4, 0.5) is 17.1 Å². The fraction of sp³-hybridized carbons (Fsp3) is 0.115. The standard InChI is InChI=1S/C26H21Cl2N3O3/c1-3-30(19-10-5-4-6-11-19)24(32)17-8-7-9-18(14-17)29-23-22(28)25(33)31(26(23)34)20-13-12-16(2)21(27)15-20/h4-15,29H,3H2,1-2H3. The highest BCUT2D eigenvalue weighted by molar-refractivity contribution is 6.53. The van der Waals surface area contributed by atoms with Gasteiger partial charge < -0.3 is 10.2 Å². The van der Waals surface area contributed by atoms with E-state index in [1.807, 2.05) is 44.2 Å². The number of rotatable bonds is 6. The summed E-state index contributed by atoms with van der Waals surface area (Å²) in [4.78, 5) is 41.6. The van der Waals surface area contributed by atoms with E-state index in [9.17, 15) is 14.4 Å². The Morgan fingerprint density at radius 1 is 0.941 bits per heavy atom. The van der Waals surface area contributed by atoms with Gasteiger partial charge in [-0.25, -0.2) is 4.90 Å². The van der Waals surface area contributed by atoms with Crippen LogP contribution in [0.25, 0.3) is 0 Å². The number of carbonyl (C=O) groups excluding carboxylic acids is 3. The number of amides is 3. The van der Waals surface area contributed by atoms with Crippen molar-refractivity contribution in [3.63, 3.8) is 0 Å². The van der Waals surface area contributed by atoms with Gasteiger partial charge in [-0.05, 0) is 61.9 Å². The fourth-order valence-corrected chi connectivity index (χ4v) is 4.04. The molecule has 0 aliphatic carbocycles. The Hall–Kier alpha value is -3.61. The van der Waals surface area contributed by atoms with Gasteiger partial charge in [-0.3, -0.25) is 14.4 Å². The highest BCUT2D eigenvalue weighted by Gasteiger charge is 2.39. The molecule has 8 heteroatoms. The van der Waals surface area contributed by atoms with Crippen molar-refractivity contribution in [3.8, 4) is 0 Å². The second-order valence-corrected chi connectivity index (χ2v) is 8.44. The number of nitrogens with one attached hydrogen (secondary N) is 1. The van der Waals surface area contributed by atoms with Crippen LogP contribution >= 0.6 is 23.2 Å². The largest absolute Gasteiger partial charge is 0.350 e. The lowest BCUT2D eigenvalue weighted by Gasteiger charge is -2.21. The molecule has 3 aromatic carbocycles. The third kappa shape index (κ3) is 4.42. The molecule has 6 nitrogen and oxygen atoms in total. The van der Waals surface area contributed by atoms with Crippen LogP contribution < -0.4 is 15.1 Å². The van der Waals surface area contributed by atoms with E-state index in [2.05, 4.69) is 5.32 Å². The lowest BCUT2D eigenvalue weighted by atomic mass is 10.1. The van der Waals surface area contributed by atoms with E-state index in [-0.39, 0.29) is 16.6 Å². The number of nitrogens with zero attached hydrogens (tertiary/aromatic N) is 2. The summed E-state index contributed by atoms with van der Waals surface area (Å²) in [5.41, 5.74) is 2.73. The molecule has 0 saturated heterocycles. The van der Waals surface area contributed by atoms with Crippen molar-refractivity contribution in [2.24, 2.45) is 0 Å². The van der Waals surface area contributed by atoms with Crippen molar-refractivity contribution in [2.45, 2.75) is 13.8 Å². The van der Waals surface area contributed by atoms with Crippen molar-refractivity contribution in [2.75, 3.05) is 21.7 Å². The fourth-order valence-electron chi connectivity index (χ4n) is 3.65. The van der Waals surface area contributed by atoms with Crippen molar-refractivity contribution >= 4 is 58.0 Å². The van der Waals surface area contributed by atoms with Crippen molar-refractivity contribution in [3.05, 3.63) is 99.7 Å². The van der Waals surface area contributed by atoms with Crippen LogP contribution in [0.2, 0.25) is 5.02 Å². The van der Waals surface area contributed by atoms with E-state index in [1.165, 1.54) is 0 Å². The molecule has 0 fully saturated rings. The molecule has 34 heavy (non-hydrogen) atoms. The van der Waals surface area contributed by atoms with Crippen LogP contribution in [0, 0.1) is 6.92 Å². The Kier molecular flexibility index (Phi) is 6.72. The third-order valence-corrected chi connectivity index (χ3v) is 6.21. The Balaban J connectivity index is 1.59. The molecular formula is C26H21Cl2N3O3. The van der Waals surface area contributed by atoms with E-state index >= 15 is 0 Å². The molecule has 0 spiro atoms. The molecule has 0 aromatic heterocycles. The van der Waals surface area contributed by atoms with Gasteiger partial charge in [-0.15, -0.1) is 0 Å². The van der Waals surface area contributed by atoms with Crippen LogP contribution in [0.3, 0.4) is 0 Å². The molecule has 3 amide bonds. The van der Waals surface area contributed by atoms with Gasteiger partial charge in [0.15, 0.2) is 0 Å². The number of hydrogen-bond acceptors (Lipinski definition) is 4. The second-order valence-electron chi connectivity index (χ2n) is 7.66. The molecule has 3 aromatic rings. The predicted molar refractivity (Wildman–Crippen MR) is 135 cm³/mol. The number of anilines is 3. The van der Waals surface area contributed by atoms with E-state index in [0.717, 1.165) is 16.2 Å². The van der Waals surface area contributed by atoms with Crippen LogP contribution in [0.1, 0.15) is 22.8 Å². The van der Waals surface area contributed by atoms with E-state index in [1.54, 1.807) is 47.4 Å². The van der Waals surface area contributed by atoms with Crippen LogP contribution in [-0.4, -0.2) is 24.3 Å². The zero-order valence-electron chi connectivity index (χ0n) is 18.5. The predicted octanol–water partition coefficient (Wildman–Crippen LogP) is 5.75. The lowest BCUT2D eigenvalue weighted by molar-refractivity contribution is -0.120. The van der Waals surface area contributed by atoms with Crippen LogP contribution in [0.5, 0.6) is 0 Å². The molecule has 0 unspecified atom stereocenters. The van der Waals surface area contributed by atoms with Gasteiger partial charge in [0.05, 0.1) is 5.69 Å². The third-order valence-electron chi connectivity index (χ3n) is 5.45. The molecule has 1 heterocycles. The van der Waals surface area contributed by atoms with E-state index < -0.39 is 11.8 Å². The highest BCUT2D eigenvalue weighted by atomic mass is 35.5. The maximum absolute atomic E-state index is 13.2. The zero-order valence-corrected chi connectivity index (χ0v) is 20.0. The Morgan fingerprint density at radius 2 is 1.68 bits per heavy atom. The number of halogens is 2. The topological polar surface area (TPSA) is 69.7 Å². The maximum Gasteiger partial charge on any atom is 0.283 e. The normalized spacial score (nSPS) is 13.5. The molecule has 4 rings (SSSR count). The summed E-state index contributed by atoms with van der Waals surface area (Å²) in [6, 6.07) is 20.9. The Bertz CT molecular complexity index is 1320. The van der Waals surface area contributed by atoms with Crippen molar-refractivity contribution in [1.82, 2.24) is 0 Å². The first-order valence-electron chi connectivity index (χ1n) is 10.6. The number of carbonyl (C=O) groups is 3. The first kappa shape index (κ1) is 23.5. The second kappa shape index (κ2) is 9.71. The van der Waals surface area contributed by atoms with Crippen molar-refractivity contribution in [1.29, 1.82) is 0 Å². The quantitative estimate of drug-likeness (QED) is 0.443. The monoisotopic (exact) mass is 493 g/mol. The van der Waals surface area contributed by atoms with Crippen LogP contribution in [-0.2, 0) is 9.59 Å². The van der Waals surface area contributed by atoms with Crippen molar-refractivity contribution < 1.29 is 14.4 Å². The zero-order chi connectivity index (χ0) is 24.4. The molecule has 172 valence electrons. The lowest BCUT2D eigenvalue weighted by Crippen LogP contribution is -2.32. The van der Waals surface area contributed by atoms with E-state index in [0.29, 0.717) is 28.5 Å². The van der Waals surface area contributed by atoms with Gasteiger partial charge in [-0.2, -0.15) is 0 Å². The van der Waals surface area contributed by atoms with Gasteiger partial charge in [0, 0.05) is 28.5 Å². The van der Waals surface area contributed by atoms with Gasteiger partial charge in [0.1, 0.15) is 10.7 Å². The molecule has 1 aliphatic heterocycles. The maximum atomic E-state index is 13.2. The Labute approximate surface area is 207 Å². The Morgan fingerprint density at radius 3 is 2.35 bits per heavy atom. The molecule has 0 atom stereocenters. The first-order chi connectivity index (χ1) is 16.3. The van der Waals surface area contributed by atoms with Gasteiger partial charge in [-0.1, -0.05) is 53.5 Å². The molecule has 0 radical (unpaired) electrons. The minimum atomic E-state index is -0.650. The number of aryl methyl sites for hydroxylation is 1.